The summed E-state index contributed by atoms with van der Waals surface area (Å²) in [5.74, 6) is 0.858. The molecule has 2 aromatic carbocycles. The molecular weight excluding hydrogens is 380 g/mol. The van der Waals surface area contributed by atoms with Crippen molar-refractivity contribution in [2.75, 3.05) is 20.2 Å². The Hall–Kier alpha value is -3.61. The van der Waals surface area contributed by atoms with Crippen molar-refractivity contribution in [3.05, 3.63) is 83.9 Å². The van der Waals surface area contributed by atoms with E-state index in [2.05, 4.69) is 15.5 Å². The number of nitrogens with one attached hydrogen (secondary N) is 1. The number of likely N-dealkylation sites (tertiary alicyclic amines) is 1. The van der Waals surface area contributed by atoms with Crippen LogP contribution in [0.2, 0.25) is 0 Å². The standard InChI is InChI=1S/C23H24N4O3/c1-29-20-12-13-21(26-25-20)30-19-14-15-27(16-19)23(28)24-22(17-8-4-2-5-9-17)18-10-6-3-7-11-18/h2-13,19,22H,14-16H2,1H3,(H,24,28). The van der Waals surface area contributed by atoms with Gasteiger partial charge in [-0.25, -0.2) is 4.79 Å². The summed E-state index contributed by atoms with van der Waals surface area (Å²) >= 11 is 0. The van der Waals surface area contributed by atoms with Crippen molar-refractivity contribution in [3.8, 4) is 11.8 Å². The van der Waals surface area contributed by atoms with Gasteiger partial charge in [-0.3, -0.25) is 0 Å². The van der Waals surface area contributed by atoms with Crippen molar-refractivity contribution < 1.29 is 14.3 Å². The summed E-state index contributed by atoms with van der Waals surface area (Å²) in [5.41, 5.74) is 2.08. The second-order valence-corrected chi connectivity index (χ2v) is 7.09. The summed E-state index contributed by atoms with van der Waals surface area (Å²) < 4.78 is 10.9. The highest BCUT2D eigenvalue weighted by molar-refractivity contribution is 5.75. The number of amides is 2. The Labute approximate surface area is 175 Å². The second kappa shape index (κ2) is 9.26. The van der Waals surface area contributed by atoms with Crippen LogP contribution < -0.4 is 14.8 Å². The van der Waals surface area contributed by atoms with Crippen molar-refractivity contribution in [2.45, 2.75) is 18.6 Å². The fourth-order valence-corrected chi connectivity index (χ4v) is 3.52. The Balaban J connectivity index is 1.40. The molecule has 1 atom stereocenters. The van der Waals surface area contributed by atoms with Gasteiger partial charge in [-0.1, -0.05) is 60.7 Å². The highest BCUT2D eigenvalue weighted by atomic mass is 16.5. The van der Waals surface area contributed by atoms with Crippen LogP contribution >= 0.6 is 0 Å². The molecule has 154 valence electrons. The smallest absolute Gasteiger partial charge is 0.318 e. The van der Waals surface area contributed by atoms with Gasteiger partial charge in [-0.05, 0) is 11.1 Å². The number of carbonyl (C=O) groups excluding carboxylic acids is 1. The van der Waals surface area contributed by atoms with E-state index in [1.165, 1.54) is 7.11 Å². The zero-order valence-electron chi connectivity index (χ0n) is 16.8. The van der Waals surface area contributed by atoms with Gasteiger partial charge in [0.2, 0.25) is 11.8 Å². The van der Waals surface area contributed by atoms with Crippen LogP contribution in [0.5, 0.6) is 11.8 Å². The molecule has 1 aliphatic rings. The molecule has 7 nitrogen and oxygen atoms in total. The average Bonchev–Trinajstić information content (AvgIpc) is 3.27. The van der Waals surface area contributed by atoms with Gasteiger partial charge in [0.05, 0.1) is 19.7 Å². The van der Waals surface area contributed by atoms with E-state index in [0.717, 1.165) is 17.5 Å². The molecule has 1 N–H and O–H groups in total. The van der Waals surface area contributed by atoms with Gasteiger partial charge >= 0.3 is 6.03 Å². The summed E-state index contributed by atoms with van der Waals surface area (Å²) in [5, 5.41) is 11.1. The minimum Gasteiger partial charge on any atom is -0.480 e. The summed E-state index contributed by atoms with van der Waals surface area (Å²) in [4.78, 5) is 14.8. The molecule has 3 aromatic rings. The lowest BCUT2D eigenvalue weighted by Gasteiger charge is -2.24. The molecule has 30 heavy (non-hydrogen) atoms. The monoisotopic (exact) mass is 404 g/mol. The molecule has 2 amide bonds. The summed E-state index contributed by atoms with van der Waals surface area (Å²) in [6.07, 6.45) is 0.619. The normalized spacial score (nSPS) is 15.8. The quantitative estimate of drug-likeness (QED) is 0.681. The first-order valence-electron chi connectivity index (χ1n) is 9.92. The van der Waals surface area contributed by atoms with E-state index in [0.29, 0.717) is 24.8 Å². The number of hydrogen-bond donors (Lipinski definition) is 1. The number of urea groups is 1. The van der Waals surface area contributed by atoms with Crippen molar-refractivity contribution in [3.63, 3.8) is 0 Å². The Morgan fingerprint density at radius 2 is 1.57 bits per heavy atom. The first-order valence-corrected chi connectivity index (χ1v) is 9.92. The average molecular weight is 404 g/mol. The predicted molar refractivity (Wildman–Crippen MR) is 112 cm³/mol. The highest BCUT2D eigenvalue weighted by Crippen LogP contribution is 2.23. The topological polar surface area (TPSA) is 76.6 Å². The van der Waals surface area contributed by atoms with Gasteiger partial charge in [-0.15, -0.1) is 10.2 Å². The number of rotatable bonds is 6. The third kappa shape index (κ3) is 4.68. The lowest BCUT2D eigenvalue weighted by Crippen LogP contribution is -2.41. The van der Waals surface area contributed by atoms with Crippen LogP contribution in [0.1, 0.15) is 23.6 Å². The van der Waals surface area contributed by atoms with Crippen molar-refractivity contribution in [2.24, 2.45) is 0 Å². The van der Waals surface area contributed by atoms with Gasteiger partial charge in [0.1, 0.15) is 6.10 Å². The van der Waals surface area contributed by atoms with Crippen LogP contribution in [0.4, 0.5) is 4.79 Å². The molecule has 1 saturated heterocycles. The number of hydrogen-bond acceptors (Lipinski definition) is 5. The molecule has 1 unspecified atom stereocenters. The van der Waals surface area contributed by atoms with E-state index in [1.54, 1.807) is 17.0 Å². The lowest BCUT2D eigenvalue weighted by atomic mass is 9.99. The van der Waals surface area contributed by atoms with E-state index in [4.69, 9.17) is 9.47 Å². The molecular formula is C23H24N4O3. The number of aromatic nitrogens is 2. The molecule has 1 aromatic heterocycles. The molecule has 0 aliphatic carbocycles. The van der Waals surface area contributed by atoms with Crippen LogP contribution in [0, 0.1) is 0 Å². The number of nitrogens with zero attached hydrogens (tertiary/aromatic N) is 3. The number of benzene rings is 2. The van der Waals surface area contributed by atoms with Crippen LogP contribution in [0.25, 0.3) is 0 Å². The lowest BCUT2D eigenvalue weighted by molar-refractivity contribution is 0.180. The third-order valence-corrected chi connectivity index (χ3v) is 5.08. The van der Waals surface area contributed by atoms with Crippen molar-refractivity contribution in [1.82, 2.24) is 20.4 Å². The van der Waals surface area contributed by atoms with Gasteiger partial charge in [0, 0.05) is 25.1 Å². The van der Waals surface area contributed by atoms with Gasteiger partial charge < -0.3 is 19.7 Å². The molecule has 4 rings (SSSR count). The molecule has 1 fully saturated rings. The van der Waals surface area contributed by atoms with Crippen LogP contribution in [-0.2, 0) is 0 Å². The Kier molecular flexibility index (Phi) is 6.08. The first kappa shape index (κ1) is 19.7. The summed E-state index contributed by atoms with van der Waals surface area (Å²) in [6.45, 7) is 1.12. The van der Waals surface area contributed by atoms with E-state index in [9.17, 15) is 4.79 Å². The van der Waals surface area contributed by atoms with Crippen LogP contribution in [0.3, 0.4) is 0 Å². The van der Waals surface area contributed by atoms with E-state index in [1.807, 2.05) is 60.7 Å². The summed E-state index contributed by atoms with van der Waals surface area (Å²) in [6, 6.07) is 23.0. The van der Waals surface area contributed by atoms with E-state index in [-0.39, 0.29) is 18.2 Å². The van der Waals surface area contributed by atoms with Gasteiger partial charge in [0.15, 0.2) is 0 Å². The highest BCUT2D eigenvalue weighted by Gasteiger charge is 2.29. The zero-order chi connectivity index (χ0) is 20.8. The molecule has 0 spiro atoms. The molecule has 2 heterocycles. The Morgan fingerprint density at radius 1 is 0.967 bits per heavy atom. The fraction of sp³-hybridized carbons (Fsp3) is 0.261. The number of ether oxygens (including phenoxy) is 2. The Bertz CT molecular complexity index is 912. The molecule has 0 bridgehead atoms. The van der Waals surface area contributed by atoms with Crippen molar-refractivity contribution >= 4 is 6.03 Å². The second-order valence-electron chi connectivity index (χ2n) is 7.09. The molecule has 0 radical (unpaired) electrons. The van der Waals surface area contributed by atoms with Crippen molar-refractivity contribution in [1.29, 1.82) is 0 Å². The molecule has 0 saturated carbocycles. The predicted octanol–water partition coefficient (Wildman–Crippen LogP) is 3.44. The first-order chi connectivity index (χ1) is 14.7. The SMILES string of the molecule is COc1ccc(OC2CCN(C(=O)NC(c3ccccc3)c3ccccc3)C2)nn1. The number of methoxy groups -OCH3 is 1. The molecule has 1 aliphatic heterocycles. The van der Waals surface area contributed by atoms with E-state index < -0.39 is 0 Å². The van der Waals surface area contributed by atoms with Crippen LogP contribution in [-0.4, -0.2) is 47.4 Å². The maximum Gasteiger partial charge on any atom is 0.318 e. The van der Waals surface area contributed by atoms with Gasteiger partial charge in [0.25, 0.3) is 0 Å². The van der Waals surface area contributed by atoms with E-state index >= 15 is 0 Å². The fourth-order valence-electron chi connectivity index (χ4n) is 3.52. The molecule has 7 heteroatoms. The minimum atomic E-state index is -0.215. The Morgan fingerprint density at radius 3 is 2.13 bits per heavy atom. The van der Waals surface area contributed by atoms with Gasteiger partial charge in [-0.2, -0.15) is 0 Å². The minimum absolute atomic E-state index is 0.111. The largest absolute Gasteiger partial charge is 0.480 e. The maximum absolute atomic E-state index is 13.0. The summed E-state index contributed by atoms with van der Waals surface area (Å²) in [7, 11) is 1.54. The van der Waals surface area contributed by atoms with Crippen LogP contribution in [0.15, 0.2) is 72.8 Å². The number of carbonyl (C=O) groups is 1. The third-order valence-electron chi connectivity index (χ3n) is 5.08. The maximum atomic E-state index is 13.0. The zero-order valence-corrected chi connectivity index (χ0v) is 16.8.